The van der Waals surface area contributed by atoms with E-state index in [1.165, 1.54) is 0 Å². The van der Waals surface area contributed by atoms with Crippen LogP contribution in [0.15, 0.2) is 6.20 Å². The van der Waals surface area contributed by atoms with Crippen molar-refractivity contribution >= 4 is 5.97 Å². The number of aryl methyl sites for hydroxylation is 1. The van der Waals surface area contributed by atoms with E-state index >= 15 is 0 Å². The highest BCUT2D eigenvalue weighted by molar-refractivity contribution is 5.70. The molecule has 0 aliphatic carbocycles. The molecule has 0 aromatic carbocycles. The fourth-order valence-electron chi connectivity index (χ4n) is 1.61. The molecule has 4 heteroatoms. The second kappa shape index (κ2) is 2.33. The predicted octanol–water partition coefficient (Wildman–Crippen LogP) is 0.448. The maximum atomic E-state index is 10.6. The smallest absolute Gasteiger partial charge is 0.308 e. The molecular formula is C8H10N2O2. The fraction of sp³-hybridized carbons (Fsp3) is 0.500. The molecule has 0 spiro atoms. The molecule has 1 unspecified atom stereocenters. The normalized spacial score (nSPS) is 20.9. The van der Waals surface area contributed by atoms with Gasteiger partial charge in [-0.2, -0.15) is 0 Å². The molecule has 4 nitrogen and oxygen atoms in total. The monoisotopic (exact) mass is 166 g/mol. The number of carbonyl (C=O) groups is 1. The average Bonchev–Trinajstić information content (AvgIpc) is 2.42. The van der Waals surface area contributed by atoms with Gasteiger partial charge < -0.3 is 9.67 Å². The van der Waals surface area contributed by atoms with Crippen LogP contribution in [0.5, 0.6) is 0 Å². The number of aliphatic carboxylic acids is 1. The first-order chi connectivity index (χ1) is 5.66. The molecule has 1 aliphatic rings. The van der Waals surface area contributed by atoms with E-state index in [1.54, 1.807) is 0 Å². The maximum absolute atomic E-state index is 10.6. The van der Waals surface area contributed by atoms with E-state index in [1.807, 2.05) is 17.7 Å². The average molecular weight is 166 g/mol. The van der Waals surface area contributed by atoms with Gasteiger partial charge in [0.05, 0.1) is 11.6 Å². The van der Waals surface area contributed by atoms with Crippen molar-refractivity contribution in [1.29, 1.82) is 0 Å². The Labute approximate surface area is 69.8 Å². The molecule has 1 aromatic heterocycles. The van der Waals surface area contributed by atoms with Gasteiger partial charge in [0.2, 0.25) is 0 Å². The molecule has 2 heterocycles. The zero-order valence-corrected chi connectivity index (χ0v) is 6.82. The number of fused-ring (bicyclic) bond motifs is 1. The van der Waals surface area contributed by atoms with Crippen LogP contribution >= 0.6 is 0 Å². The summed E-state index contributed by atoms with van der Waals surface area (Å²) in [5.41, 5.74) is 0.967. The minimum Gasteiger partial charge on any atom is -0.481 e. The van der Waals surface area contributed by atoms with Crippen molar-refractivity contribution in [3.8, 4) is 0 Å². The summed E-state index contributed by atoms with van der Waals surface area (Å²) in [6.07, 6.45) is 2.47. The zero-order valence-electron chi connectivity index (χ0n) is 6.82. The van der Waals surface area contributed by atoms with Gasteiger partial charge in [-0.25, -0.2) is 4.98 Å². The molecule has 0 saturated carbocycles. The topological polar surface area (TPSA) is 55.1 Å². The lowest BCUT2D eigenvalue weighted by atomic mass is 10.1. The summed E-state index contributed by atoms with van der Waals surface area (Å²) in [6.45, 7) is 2.49. The van der Waals surface area contributed by atoms with Gasteiger partial charge in [-0.05, 0) is 6.92 Å². The molecule has 0 amide bonds. The van der Waals surface area contributed by atoms with E-state index < -0.39 is 5.97 Å². The molecule has 1 N–H and O–H groups in total. The third-order valence-corrected chi connectivity index (χ3v) is 2.17. The molecule has 0 fully saturated rings. The summed E-state index contributed by atoms with van der Waals surface area (Å²) >= 11 is 0. The van der Waals surface area contributed by atoms with E-state index in [-0.39, 0.29) is 5.92 Å². The van der Waals surface area contributed by atoms with Crippen LogP contribution in [0.2, 0.25) is 0 Å². The summed E-state index contributed by atoms with van der Waals surface area (Å²) in [4.78, 5) is 14.8. The van der Waals surface area contributed by atoms with Gasteiger partial charge in [0.15, 0.2) is 0 Å². The number of nitrogens with zero attached hydrogens (tertiary/aromatic N) is 2. The summed E-state index contributed by atoms with van der Waals surface area (Å²) in [6, 6.07) is 0. The molecule has 1 atom stereocenters. The van der Waals surface area contributed by atoms with Crippen LogP contribution in [0, 0.1) is 12.8 Å². The van der Waals surface area contributed by atoms with Crippen LogP contribution in [0.4, 0.5) is 0 Å². The van der Waals surface area contributed by atoms with Crippen LogP contribution in [-0.4, -0.2) is 20.6 Å². The van der Waals surface area contributed by atoms with Gasteiger partial charge in [-0.15, -0.1) is 0 Å². The number of hydrogen-bond donors (Lipinski definition) is 1. The van der Waals surface area contributed by atoms with Gasteiger partial charge in [-0.3, -0.25) is 4.79 Å². The Morgan fingerprint density at radius 1 is 1.83 bits per heavy atom. The number of hydrogen-bond acceptors (Lipinski definition) is 2. The van der Waals surface area contributed by atoms with Crippen LogP contribution in [-0.2, 0) is 17.8 Å². The minimum absolute atomic E-state index is 0.270. The fourth-order valence-corrected chi connectivity index (χ4v) is 1.61. The molecular weight excluding hydrogens is 156 g/mol. The van der Waals surface area contributed by atoms with Crippen molar-refractivity contribution in [1.82, 2.24) is 9.55 Å². The van der Waals surface area contributed by atoms with Crippen LogP contribution in [0.1, 0.15) is 11.5 Å². The van der Waals surface area contributed by atoms with Crippen molar-refractivity contribution in [2.24, 2.45) is 5.92 Å². The molecule has 0 bridgehead atoms. The Balaban J connectivity index is 2.24. The van der Waals surface area contributed by atoms with Gasteiger partial charge in [0.25, 0.3) is 0 Å². The van der Waals surface area contributed by atoms with Crippen molar-refractivity contribution < 1.29 is 9.90 Å². The number of imidazole rings is 1. The molecule has 0 saturated heterocycles. The number of aromatic nitrogens is 2. The molecule has 12 heavy (non-hydrogen) atoms. The van der Waals surface area contributed by atoms with Crippen molar-refractivity contribution in [3.63, 3.8) is 0 Å². The first-order valence-electron chi connectivity index (χ1n) is 3.92. The second-order valence-corrected chi connectivity index (χ2v) is 3.19. The Bertz CT molecular complexity index is 306. The number of carboxylic acid groups (broad SMARTS) is 1. The van der Waals surface area contributed by atoms with E-state index in [4.69, 9.17) is 5.11 Å². The first kappa shape index (κ1) is 7.34. The van der Waals surface area contributed by atoms with Crippen LogP contribution in [0.3, 0.4) is 0 Å². The number of carboxylic acids is 1. The zero-order chi connectivity index (χ0) is 8.72. The Hall–Kier alpha value is -1.32. The molecule has 1 aliphatic heterocycles. The quantitative estimate of drug-likeness (QED) is 0.659. The van der Waals surface area contributed by atoms with Crippen LogP contribution < -0.4 is 0 Å². The predicted molar refractivity (Wildman–Crippen MR) is 41.8 cm³/mol. The van der Waals surface area contributed by atoms with Crippen LogP contribution in [0.25, 0.3) is 0 Å². The van der Waals surface area contributed by atoms with Gasteiger partial charge >= 0.3 is 5.97 Å². The van der Waals surface area contributed by atoms with Gasteiger partial charge in [0.1, 0.15) is 5.82 Å². The van der Waals surface area contributed by atoms with E-state index in [2.05, 4.69) is 4.98 Å². The Kier molecular flexibility index (Phi) is 1.43. The van der Waals surface area contributed by atoms with E-state index in [0.29, 0.717) is 13.0 Å². The first-order valence-corrected chi connectivity index (χ1v) is 3.92. The largest absolute Gasteiger partial charge is 0.481 e. The summed E-state index contributed by atoms with van der Waals surface area (Å²) < 4.78 is 1.92. The van der Waals surface area contributed by atoms with Gasteiger partial charge in [0, 0.05) is 19.2 Å². The Morgan fingerprint density at radius 3 is 3.17 bits per heavy atom. The molecule has 1 aromatic rings. The maximum Gasteiger partial charge on any atom is 0.308 e. The Morgan fingerprint density at radius 2 is 2.58 bits per heavy atom. The van der Waals surface area contributed by atoms with Gasteiger partial charge in [-0.1, -0.05) is 0 Å². The molecule has 64 valence electrons. The lowest BCUT2D eigenvalue weighted by Crippen LogP contribution is -2.14. The lowest BCUT2D eigenvalue weighted by molar-refractivity contribution is -0.141. The highest BCUT2D eigenvalue weighted by Gasteiger charge is 2.27. The summed E-state index contributed by atoms with van der Waals surface area (Å²) in [5, 5.41) is 8.73. The highest BCUT2D eigenvalue weighted by atomic mass is 16.4. The summed E-state index contributed by atoms with van der Waals surface area (Å²) in [7, 11) is 0. The number of rotatable bonds is 1. The summed E-state index contributed by atoms with van der Waals surface area (Å²) in [5.74, 6) is -0.0915. The SMILES string of the molecule is Cc1cn2c(n1)CC(C(=O)O)C2. The third-order valence-electron chi connectivity index (χ3n) is 2.17. The lowest BCUT2D eigenvalue weighted by Gasteiger charge is -1.99. The van der Waals surface area contributed by atoms with E-state index in [0.717, 1.165) is 11.5 Å². The second-order valence-electron chi connectivity index (χ2n) is 3.19. The van der Waals surface area contributed by atoms with Crippen molar-refractivity contribution in [2.75, 3.05) is 0 Å². The standard InChI is InChI=1S/C8H10N2O2/c1-5-3-10-4-6(8(11)12)2-7(10)9-5/h3,6H,2,4H2,1H3,(H,11,12). The minimum atomic E-state index is -0.724. The molecule has 2 rings (SSSR count). The third kappa shape index (κ3) is 0.995. The highest BCUT2D eigenvalue weighted by Crippen LogP contribution is 2.19. The van der Waals surface area contributed by atoms with Crippen molar-refractivity contribution in [3.05, 3.63) is 17.7 Å². The van der Waals surface area contributed by atoms with E-state index in [9.17, 15) is 4.79 Å². The van der Waals surface area contributed by atoms with Crippen molar-refractivity contribution in [2.45, 2.75) is 19.9 Å². The molecule has 0 radical (unpaired) electrons.